The van der Waals surface area contributed by atoms with E-state index in [9.17, 15) is 9.90 Å². The SMILES string of the molecule is COC(=O)[C@@H]1[C@@H]2CC[C@H](O)[C@@H]21. The summed E-state index contributed by atoms with van der Waals surface area (Å²) < 4.78 is 4.61. The van der Waals surface area contributed by atoms with Crippen LogP contribution in [0.15, 0.2) is 0 Å². The molecule has 2 aliphatic carbocycles. The van der Waals surface area contributed by atoms with Crippen LogP contribution in [0, 0.1) is 17.8 Å². The highest BCUT2D eigenvalue weighted by Gasteiger charge is 2.61. The Morgan fingerprint density at radius 3 is 2.73 bits per heavy atom. The fourth-order valence-electron chi connectivity index (χ4n) is 2.32. The van der Waals surface area contributed by atoms with E-state index < -0.39 is 0 Å². The number of esters is 1. The Balaban J connectivity index is 1.99. The molecule has 2 saturated carbocycles. The van der Waals surface area contributed by atoms with E-state index in [2.05, 4.69) is 4.74 Å². The van der Waals surface area contributed by atoms with Gasteiger partial charge in [-0.15, -0.1) is 0 Å². The van der Waals surface area contributed by atoms with Crippen molar-refractivity contribution in [2.75, 3.05) is 7.11 Å². The van der Waals surface area contributed by atoms with E-state index in [0.717, 1.165) is 12.8 Å². The molecule has 0 bridgehead atoms. The molecule has 3 nitrogen and oxygen atoms in total. The molecule has 0 amide bonds. The number of ether oxygens (including phenoxy) is 1. The zero-order valence-corrected chi connectivity index (χ0v) is 6.49. The van der Waals surface area contributed by atoms with E-state index >= 15 is 0 Å². The van der Waals surface area contributed by atoms with Gasteiger partial charge in [-0.25, -0.2) is 0 Å². The molecule has 4 atom stereocenters. The molecule has 0 saturated heterocycles. The first-order chi connectivity index (χ1) is 5.25. The van der Waals surface area contributed by atoms with E-state index in [-0.39, 0.29) is 23.9 Å². The van der Waals surface area contributed by atoms with Crippen LogP contribution in [0.3, 0.4) is 0 Å². The summed E-state index contributed by atoms with van der Waals surface area (Å²) >= 11 is 0. The van der Waals surface area contributed by atoms with Gasteiger partial charge in [0, 0.05) is 5.92 Å². The van der Waals surface area contributed by atoms with Crippen LogP contribution < -0.4 is 0 Å². The van der Waals surface area contributed by atoms with Crippen LogP contribution >= 0.6 is 0 Å². The monoisotopic (exact) mass is 156 g/mol. The van der Waals surface area contributed by atoms with E-state index in [1.54, 1.807) is 0 Å². The largest absolute Gasteiger partial charge is 0.469 e. The van der Waals surface area contributed by atoms with Gasteiger partial charge in [-0.05, 0) is 18.8 Å². The van der Waals surface area contributed by atoms with Crippen molar-refractivity contribution in [3.63, 3.8) is 0 Å². The third-order valence-electron chi connectivity index (χ3n) is 2.94. The van der Waals surface area contributed by atoms with Crippen LogP contribution in [0.2, 0.25) is 0 Å². The van der Waals surface area contributed by atoms with Crippen molar-refractivity contribution in [1.29, 1.82) is 0 Å². The molecule has 2 rings (SSSR count). The first kappa shape index (κ1) is 7.10. The molecule has 2 fully saturated rings. The third-order valence-corrected chi connectivity index (χ3v) is 2.94. The molecule has 3 heteroatoms. The first-order valence-corrected chi connectivity index (χ1v) is 4.01. The average Bonchev–Trinajstić information content (AvgIpc) is 2.63. The van der Waals surface area contributed by atoms with Gasteiger partial charge in [0.1, 0.15) is 0 Å². The fourth-order valence-corrected chi connectivity index (χ4v) is 2.32. The zero-order valence-electron chi connectivity index (χ0n) is 6.49. The summed E-state index contributed by atoms with van der Waals surface area (Å²) in [6.45, 7) is 0. The van der Waals surface area contributed by atoms with Gasteiger partial charge in [-0.2, -0.15) is 0 Å². The second kappa shape index (κ2) is 2.21. The summed E-state index contributed by atoms with van der Waals surface area (Å²) in [7, 11) is 1.41. The van der Waals surface area contributed by atoms with Crippen molar-refractivity contribution in [3.8, 4) is 0 Å². The topological polar surface area (TPSA) is 46.5 Å². The Morgan fingerprint density at radius 2 is 2.27 bits per heavy atom. The predicted molar refractivity (Wildman–Crippen MR) is 37.7 cm³/mol. The number of rotatable bonds is 1. The summed E-state index contributed by atoms with van der Waals surface area (Å²) in [5, 5.41) is 9.35. The van der Waals surface area contributed by atoms with Crippen molar-refractivity contribution in [2.45, 2.75) is 18.9 Å². The van der Waals surface area contributed by atoms with Crippen molar-refractivity contribution in [2.24, 2.45) is 17.8 Å². The van der Waals surface area contributed by atoms with Crippen LogP contribution in [0.1, 0.15) is 12.8 Å². The number of hydrogen-bond donors (Lipinski definition) is 1. The Bertz CT molecular complexity index is 190. The second-order valence-electron chi connectivity index (χ2n) is 3.43. The molecule has 2 aliphatic rings. The van der Waals surface area contributed by atoms with Crippen molar-refractivity contribution >= 4 is 5.97 Å². The van der Waals surface area contributed by atoms with Gasteiger partial charge < -0.3 is 9.84 Å². The second-order valence-corrected chi connectivity index (χ2v) is 3.43. The maximum Gasteiger partial charge on any atom is 0.309 e. The molecule has 0 aromatic carbocycles. The Kier molecular flexibility index (Phi) is 1.42. The predicted octanol–water partition coefficient (Wildman–Crippen LogP) is 0.176. The molecule has 0 aliphatic heterocycles. The number of aliphatic hydroxyl groups excluding tert-OH is 1. The molecule has 0 spiro atoms. The van der Waals surface area contributed by atoms with Gasteiger partial charge in [-0.1, -0.05) is 0 Å². The van der Waals surface area contributed by atoms with Gasteiger partial charge in [-0.3, -0.25) is 4.79 Å². The van der Waals surface area contributed by atoms with Gasteiger partial charge in [0.2, 0.25) is 0 Å². The number of aliphatic hydroxyl groups is 1. The molecule has 1 N–H and O–H groups in total. The van der Waals surface area contributed by atoms with E-state index in [4.69, 9.17) is 0 Å². The third kappa shape index (κ3) is 0.872. The lowest BCUT2D eigenvalue weighted by Crippen LogP contribution is -2.14. The van der Waals surface area contributed by atoms with Crippen molar-refractivity contribution < 1.29 is 14.6 Å². The van der Waals surface area contributed by atoms with Crippen LogP contribution in [0.5, 0.6) is 0 Å². The Labute approximate surface area is 65.4 Å². The molecule has 0 heterocycles. The van der Waals surface area contributed by atoms with Crippen LogP contribution in [0.4, 0.5) is 0 Å². The summed E-state index contributed by atoms with van der Waals surface area (Å²) in [5.74, 6) is 0.530. The van der Waals surface area contributed by atoms with E-state index in [0.29, 0.717) is 5.92 Å². The number of methoxy groups -OCH3 is 1. The lowest BCUT2D eigenvalue weighted by Gasteiger charge is -2.05. The highest BCUT2D eigenvalue weighted by atomic mass is 16.5. The number of hydrogen-bond acceptors (Lipinski definition) is 3. The quantitative estimate of drug-likeness (QED) is 0.551. The average molecular weight is 156 g/mol. The summed E-state index contributed by atoms with van der Waals surface area (Å²) in [5.41, 5.74) is 0. The van der Waals surface area contributed by atoms with Crippen molar-refractivity contribution in [3.05, 3.63) is 0 Å². The van der Waals surface area contributed by atoms with Crippen LogP contribution in [-0.2, 0) is 9.53 Å². The fraction of sp³-hybridized carbons (Fsp3) is 0.875. The number of fused-ring (bicyclic) bond motifs is 1. The Hall–Kier alpha value is -0.570. The normalized spacial score (nSPS) is 46.7. The van der Waals surface area contributed by atoms with Crippen LogP contribution in [0.25, 0.3) is 0 Å². The maximum atomic E-state index is 11.0. The van der Waals surface area contributed by atoms with Gasteiger partial charge in [0.25, 0.3) is 0 Å². The van der Waals surface area contributed by atoms with Gasteiger partial charge in [0.05, 0.1) is 19.1 Å². The van der Waals surface area contributed by atoms with E-state index in [1.807, 2.05) is 0 Å². The smallest absolute Gasteiger partial charge is 0.309 e. The summed E-state index contributed by atoms with van der Waals surface area (Å²) in [4.78, 5) is 11.0. The van der Waals surface area contributed by atoms with Crippen molar-refractivity contribution in [1.82, 2.24) is 0 Å². The molecule has 11 heavy (non-hydrogen) atoms. The molecular formula is C8H12O3. The zero-order chi connectivity index (χ0) is 8.01. The lowest BCUT2D eigenvalue weighted by molar-refractivity contribution is -0.143. The molecule has 0 aromatic rings. The standard InChI is InChI=1S/C8H12O3/c1-11-8(10)7-4-2-3-5(9)6(4)7/h4-7,9H,2-3H2,1H3/t4-,5+,6-,7-/m1/s1. The highest BCUT2D eigenvalue weighted by molar-refractivity contribution is 5.76. The minimum Gasteiger partial charge on any atom is -0.469 e. The number of carbonyl (C=O) groups is 1. The molecule has 0 aromatic heterocycles. The summed E-state index contributed by atoms with van der Waals surface area (Å²) in [6.07, 6.45) is 1.61. The minimum absolute atomic E-state index is 0.0174. The highest BCUT2D eigenvalue weighted by Crippen LogP contribution is 2.57. The maximum absolute atomic E-state index is 11.0. The molecular weight excluding hydrogens is 144 g/mol. The van der Waals surface area contributed by atoms with Gasteiger partial charge in [0.15, 0.2) is 0 Å². The van der Waals surface area contributed by atoms with Gasteiger partial charge >= 0.3 is 5.97 Å². The van der Waals surface area contributed by atoms with Crippen LogP contribution in [-0.4, -0.2) is 24.3 Å². The minimum atomic E-state index is -0.246. The molecule has 0 unspecified atom stereocenters. The number of carbonyl (C=O) groups excluding carboxylic acids is 1. The first-order valence-electron chi connectivity index (χ1n) is 4.01. The van der Waals surface area contributed by atoms with E-state index in [1.165, 1.54) is 7.11 Å². The molecule has 62 valence electrons. The molecule has 0 radical (unpaired) electrons. The summed E-state index contributed by atoms with van der Waals surface area (Å²) in [6, 6.07) is 0. The lowest BCUT2D eigenvalue weighted by atomic mass is 10.1. The Morgan fingerprint density at radius 1 is 1.55 bits per heavy atom.